The first-order chi connectivity index (χ1) is 23.9. The van der Waals surface area contributed by atoms with Crippen LogP contribution in [0.2, 0.25) is 0 Å². The first-order valence-electron chi connectivity index (χ1n) is 17.8. The lowest BCUT2D eigenvalue weighted by atomic mass is 9.71. The van der Waals surface area contributed by atoms with Crippen LogP contribution < -0.4 is 0 Å². The Kier molecular flexibility index (Phi) is 12.2. The monoisotopic (exact) mass is 705 g/mol. The van der Waals surface area contributed by atoms with Gasteiger partial charge in [0.05, 0.1) is 11.1 Å². The number of hydrogen-bond donors (Lipinski definition) is 1. The van der Waals surface area contributed by atoms with Gasteiger partial charge >= 0.3 is 5.97 Å². The lowest BCUT2D eigenvalue weighted by molar-refractivity contribution is 0.0391. The van der Waals surface area contributed by atoms with Crippen molar-refractivity contribution in [2.24, 2.45) is 17.8 Å². The van der Waals surface area contributed by atoms with Crippen molar-refractivity contribution in [2.75, 3.05) is 6.54 Å². The number of carboxylic acid groups (broad SMARTS) is 1. The van der Waals surface area contributed by atoms with Crippen molar-refractivity contribution in [1.82, 2.24) is 14.9 Å². The highest BCUT2D eigenvalue weighted by molar-refractivity contribution is 7.14. The topological polar surface area (TPSA) is 83.4 Å². The molecule has 0 bridgehead atoms. The van der Waals surface area contributed by atoms with Gasteiger partial charge in [-0.1, -0.05) is 64.2 Å². The van der Waals surface area contributed by atoms with Gasteiger partial charge in [0.25, 0.3) is 5.91 Å². The molecule has 1 saturated heterocycles. The van der Waals surface area contributed by atoms with Gasteiger partial charge in [-0.05, 0) is 79.8 Å². The van der Waals surface area contributed by atoms with Crippen LogP contribution in [0.25, 0.3) is 20.9 Å². The highest BCUT2D eigenvalue weighted by Crippen LogP contribution is 2.40. The van der Waals surface area contributed by atoms with Gasteiger partial charge in [0.1, 0.15) is 0 Å². The van der Waals surface area contributed by atoms with Crippen molar-refractivity contribution in [3.8, 4) is 20.9 Å². The summed E-state index contributed by atoms with van der Waals surface area (Å²) in [7, 11) is 0. The Hall–Kier alpha value is -3.50. The minimum atomic E-state index is -0.965. The standard InChI is InChI=1S/C19H21FN2OS.C10H6FNO2S.C10H18/c20-18-8-7-14(11-21-18)17-10-15(12-24-17)19(23)22-9-3-5-13-4-1-2-6-16(13)22;11-9-2-1-6(4-12-9)8-3-7(5-15-8)10(13)14;1-2-6-10-8-4-3-7-9(10)5-1/h7-8,10-13,16H,1-6,9H2;1-5H,(H,13,14);9-10H,1-8H2. The molecule has 4 fully saturated rings. The van der Waals surface area contributed by atoms with Crippen molar-refractivity contribution in [3.05, 3.63) is 82.6 Å². The third kappa shape index (κ3) is 9.19. The third-order valence-electron chi connectivity index (χ3n) is 10.7. The van der Waals surface area contributed by atoms with Crippen molar-refractivity contribution in [2.45, 2.75) is 95.9 Å². The molecule has 0 spiro atoms. The van der Waals surface area contributed by atoms with Crippen LogP contribution in [0.4, 0.5) is 8.78 Å². The molecule has 1 aliphatic heterocycles. The van der Waals surface area contributed by atoms with Crippen LogP contribution in [0.5, 0.6) is 0 Å². The van der Waals surface area contributed by atoms with E-state index in [1.165, 1.54) is 98.6 Å². The van der Waals surface area contributed by atoms with E-state index in [4.69, 9.17) is 5.11 Å². The SMILES string of the molecule is C1CCC2CCCCC2C1.O=C(O)c1csc(-c2ccc(F)nc2)c1.O=C(c1csc(-c2ccc(F)nc2)c1)N1CCCC2CCCCC21. The second kappa shape index (κ2) is 16.9. The number of pyridine rings is 2. The van der Waals surface area contributed by atoms with Gasteiger partial charge < -0.3 is 10.0 Å². The first kappa shape index (κ1) is 35.3. The number of thiophene rings is 2. The number of hydrogen-bond acceptors (Lipinski definition) is 6. The van der Waals surface area contributed by atoms with Crippen molar-refractivity contribution >= 4 is 34.6 Å². The highest BCUT2D eigenvalue weighted by atomic mass is 32.1. The molecule has 260 valence electrons. The molecule has 8 rings (SSSR count). The fourth-order valence-corrected chi connectivity index (χ4v) is 9.89. The predicted molar refractivity (Wildman–Crippen MR) is 192 cm³/mol. The molecule has 3 aliphatic carbocycles. The van der Waals surface area contributed by atoms with Gasteiger partial charge in [0.15, 0.2) is 0 Å². The third-order valence-corrected chi connectivity index (χ3v) is 12.6. The molecule has 5 heterocycles. The zero-order chi connectivity index (χ0) is 34.2. The number of piperidine rings is 1. The van der Waals surface area contributed by atoms with Crippen LogP contribution >= 0.6 is 22.7 Å². The summed E-state index contributed by atoms with van der Waals surface area (Å²) in [6, 6.07) is 9.77. The summed E-state index contributed by atoms with van der Waals surface area (Å²) >= 11 is 2.81. The number of halogens is 2. The van der Waals surface area contributed by atoms with E-state index in [0.717, 1.165) is 52.1 Å². The van der Waals surface area contributed by atoms with E-state index in [-0.39, 0.29) is 11.5 Å². The van der Waals surface area contributed by atoms with Gasteiger partial charge in [-0.3, -0.25) is 4.79 Å². The fourth-order valence-electron chi connectivity index (χ4n) is 8.14. The van der Waals surface area contributed by atoms with Crippen LogP contribution in [-0.4, -0.2) is 44.4 Å². The van der Waals surface area contributed by atoms with Gasteiger partial charge in [-0.15, -0.1) is 22.7 Å². The Bertz CT molecular complexity index is 1650. The van der Waals surface area contributed by atoms with Crippen LogP contribution in [0.15, 0.2) is 59.6 Å². The molecular weight excluding hydrogens is 661 g/mol. The zero-order valence-corrected chi connectivity index (χ0v) is 29.5. The number of carbonyl (C=O) groups is 2. The van der Waals surface area contributed by atoms with Crippen molar-refractivity contribution < 1.29 is 23.5 Å². The average Bonchev–Trinajstić information content (AvgIpc) is 3.84. The minimum absolute atomic E-state index is 0.157. The lowest BCUT2D eigenvalue weighted by Crippen LogP contribution is -2.49. The van der Waals surface area contributed by atoms with Gasteiger partial charge in [-0.25, -0.2) is 14.8 Å². The molecular formula is C39H45F2N3O3S2. The molecule has 2 atom stereocenters. The van der Waals surface area contributed by atoms with Crippen LogP contribution in [0, 0.1) is 29.6 Å². The summed E-state index contributed by atoms with van der Waals surface area (Å²) in [6.07, 6.45) is 22.6. The molecule has 10 heteroatoms. The second-order valence-corrected chi connectivity index (χ2v) is 15.6. The van der Waals surface area contributed by atoms with Crippen molar-refractivity contribution in [1.29, 1.82) is 0 Å². The van der Waals surface area contributed by atoms with E-state index in [0.29, 0.717) is 17.5 Å². The second-order valence-electron chi connectivity index (χ2n) is 13.8. The van der Waals surface area contributed by atoms with E-state index in [9.17, 15) is 18.4 Å². The van der Waals surface area contributed by atoms with Crippen LogP contribution in [0.3, 0.4) is 0 Å². The molecule has 49 heavy (non-hydrogen) atoms. The number of fused-ring (bicyclic) bond motifs is 2. The Morgan fingerprint density at radius 3 is 1.61 bits per heavy atom. The molecule has 4 aliphatic rings. The Labute approximate surface area is 295 Å². The largest absolute Gasteiger partial charge is 0.478 e. The number of likely N-dealkylation sites (tertiary alicyclic amines) is 1. The van der Waals surface area contributed by atoms with Crippen LogP contribution in [-0.2, 0) is 0 Å². The maximum Gasteiger partial charge on any atom is 0.336 e. The number of aromatic nitrogens is 2. The Morgan fingerprint density at radius 2 is 1.12 bits per heavy atom. The summed E-state index contributed by atoms with van der Waals surface area (Å²) in [5.74, 6) is 1.16. The molecule has 0 radical (unpaired) electrons. The molecule has 1 amide bonds. The maximum atomic E-state index is 13.0. The van der Waals surface area contributed by atoms with E-state index in [2.05, 4.69) is 14.9 Å². The number of nitrogens with zero attached hydrogens (tertiary/aromatic N) is 3. The number of aromatic carboxylic acids is 1. The minimum Gasteiger partial charge on any atom is -0.478 e. The summed E-state index contributed by atoms with van der Waals surface area (Å²) in [5, 5.41) is 12.2. The molecule has 4 aromatic heterocycles. The molecule has 2 unspecified atom stereocenters. The van der Waals surface area contributed by atoms with E-state index in [1.807, 2.05) is 11.4 Å². The van der Waals surface area contributed by atoms with Crippen molar-refractivity contribution in [3.63, 3.8) is 0 Å². The highest BCUT2D eigenvalue weighted by Gasteiger charge is 2.36. The first-order valence-corrected chi connectivity index (χ1v) is 19.6. The van der Waals surface area contributed by atoms with Gasteiger partial charge in [-0.2, -0.15) is 8.78 Å². The summed E-state index contributed by atoms with van der Waals surface area (Å²) in [4.78, 5) is 34.7. The normalized spacial score (nSPS) is 23.1. The summed E-state index contributed by atoms with van der Waals surface area (Å²) in [5.41, 5.74) is 2.56. The Balaban J connectivity index is 0.000000141. The summed E-state index contributed by atoms with van der Waals surface area (Å²) < 4.78 is 25.5. The zero-order valence-electron chi connectivity index (χ0n) is 27.9. The Morgan fingerprint density at radius 1 is 0.653 bits per heavy atom. The molecule has 4 aromatic rings. The van der Waals surface area contributed by atoms with Crippen LogP contribution in [0.1, 0.15) is 111 Å². The summed E-state index contributed by atoms with van der Waals surface area (Å²) in [6.45, 7) is 0.878. The lowest BCUT2D eigenvalue weighted by Gasteiger charge is -2.44. The van der Waals surface area contributed by atoms with E-state index in [1.54, 1.807) is 49.3 Å². The maximum absolute atomic E-state index is 13.0. The fraction of sp³-hybridized carbons (Fsp3) is 0.487. The molecule has 6 nitrogen and oxygen atoms in total. The molecule has 0 aromatic carbocycles. The number of carbonyl (C=O) groups excluding carboxylic acids is 1. The van der Waals surface area contributed by atoms with Gasteiger partial charge in [0, 0.05) is 56.6 Å². The number of carboxylic acids is 1. The number of rotatable bonds is 4. The molecule has 3 saturated carbocycles. The van der Waals surface area contributed by atoms with E-state index < -0.39 is 17.9 Å². The predicted octanol–water partition coefficient (Wildman–Crippen LogP) is 10.8. The number of amides is 1. The average molecular weight is 706 g/mol. The molecule has 1 N–H and O–H groups in total. The quantitative estimate of drug-likeness (QED) is 0.214. The smallest absolute Gasteiger partial charge is 0.336 e. The van der Waals surface area contributed by atoms with Gasteiger partial charge in [0.2, 0.25) is 11.9 Å². The van der Waals surface area contributed by atoms with E-state index >= 15 is 0 Å².